The predicted molar refractivity (Wildman–Crippen MR) is 94.3 cm³/mol. The summed E-state index contributed by atoms with van der Waals surface area (Å²) in [4.78, 5) is 0. The molecule has 0 saturated heterocycles. The van der Waals surface area contributed by atoms with Crippen LogP contribution in [0.5, 0.6) is 0 Å². The Morgan fingerprint density at radius 3 is 1.76 bits per heavy atom. The molecule has 0 heterocycles. The monoisotopic (exact) mass is 292 g/mol. The van der Waals surface area contributed by atoms with E-state index in [1.807, 2.05) is 0 Å². The van der Waals surface area contributed by atoms with Gasteiger partial charge in [0.15, 0.2) is 0 Å². The quantitative estimate of drug-likeness (QED) is 0.236. The van der Waals surface area contributed by atoms with Gasteiger partial charge in [0.1, 0.15) is 6.61 Å². The number of rotatable bonds is 14. The van der Waals surface area contributed by atoms with Crippen molar-refractivity contribution < 1.29 is 5.11 Å². The van der Waals surface area contributed by atoms with Crippen molar-refractivity contribution in [3.8, 4) is 11.8 Å². The molecule has 0 atom stereocenters. The van der Waals surface area contributed by atoms with Crippen LogP contribution in [0.3, 0.4) is 0 Å². The fourth-order valence-corrected chi connectivity index (χ4v) is 2.43. The third-order valence-corrected chi connectivity index (χ3v) is 3.77. The predicted octanol–water partition coefficient (Wildman–Crippen LogP) is 6.02. The summed E-state index contributed by atoms with van der Waals surface area (Å²) >= 11 is 0. The van der Waals surface area contributed by atoms with Gasteiger partial charge in [-0.2, -0.15) is 0 Å². The maximum absolute atomic E-state index is 8.51. The molecule has 0 unspecified atom stereocenters. The molecule has 0 aromatic heterocycles. The van der Waals surface area contributed by atoms with E-state index in [1.54, 1.807) is 0 Å². The lowest BCUT2D eigenvalue weighted by Gasteiger charge is -2.00. The molecule has 0 bridgehead atoms. The Morgan fingerprint density at radius 1 is 0.667 bits per heavy atom. The van der Waals surface area contributed by atoms with Crippen LogP contribution in [0.2, 0.25) is 0 Å². The van der Waals surface area contributed by atoms with E-state index in [2.05, 4.69) is 30.9 Å². The van der Waals surface area contributed by atoms with E-state index >= 15 is 0 Å². The average Bonchev–Trinajstić information content (AvgIpc) is 2.50. The highest BCUT2D eigenvalue weighted by atomic mass is 16.2. The minimum atomic E-state index is 0.00713. The minimum Gasteiger partial charge on any atom is -0.384 e. The van der Waals surface area contributed by atoms with Gasteiger partial charge in [0.05, 0.1) is 0 Å². The highest BCUT2D eigenvalue weighted by Gasteiger charge is 1.91. The third kappa shape index (κ3) is 19.3. The van der Waals surface area contributed by atoms with Crippen LogP contribution < -0.4 is 0 Å². The molecule has 1 N–H and O–H groups in total. The first-order valence-electron chi connectivity index (χ1n) is 9.13. The summed E-state index contributed by atoms with van der Waals surface area (Å²) in [6, 6.07) is 0. The molecule has 0 amide bonds. The van der Waals surface area contributed by atoms with Crippen LogP contribution in [0, 0.1) is 11.8 Å². The van der Waals surface area contributed by atoms with Crippen LogP contribution in [0.1, 0.15) is 96.8 Å². The van der Waals surface area contributed by atoms with Crippen molar-refractivity contribution in [3.63, 3.8) is 0 Å². The van der Waals surface area contributed by atoms with E-state index in [1.165, 1.54) is 83.5 Å². The summed E-state index contributed by atoms with van der Waals surface area (Å²) in [5, 5.41) is 8.51. The maximum Gasteiger partial charge on any atom is 0.104 e. The topological polar surface area (TPSA) is 20.2 Å². The highest BCUT2D eigenvalue weighted by Crippen LogP contribution is 2.10. The minimum absolute atomic E-state index is 0.00713. The van der Waals surface area contributed by atoms with Crippen molar-refractivity contribution in [3.05, 3.63) is 12.2 Å². The van der Waals surface area contributed by atoms with Crippen molar-refractivity contribution in [2.24, 2.45) is 0 Å². The Morgan fingerprint density at radius 2 is 1.19 bits per heavy atom. The van der Waals surface area contributed by atoms with Gasteiger partial charge in [0, 0.05) is 6.42 Å². The number of aliphatic hydroxyl groups excluding tert-OH is 1. The van der Waals surface area contributed by atoms with E-state index in [-0.39, 0.29) is 6.61 Å². The SMILES string of the molecule is CCCCCC/C=C/CCCCCCCCCC#CCO. The smallest absolute Gasteiger partial charge is 0.104 e. The number of allylic oxidation sites excluding steroid dienone is 2. The van der Waals surface area contributed by atoms with Gasteiger partial charge in [0.2, 0.25) is 0 Å². The van der Waals surface area contributed by atoms with Crippen molar-refractivity contribution in [1.29, 1.82) is 0 Å². The first-order valence-corrected chi connectivity index (χ1v) is 9.13. The molecule has 1 nitrogen and oxygen atoms in total. The van der Waals surface area contributed by atoms with Crippen LogP contribution in [0.4, 0.5) is 0 Å². The molecule has 0 fully saturated rings. The fourth-order valence-electron chi connectivity index (χ4n) is 2.43. The number of hydrogen-bond donors (Lipinski definition) is 1. The van der Waals surface area contributed by atoms with Crippen LogP contribution in [-0.2, 0) is 0 Å². The van der Waals surface area contributed by atoms with Gasteiger partial charge in [-0.1, -0.05) is 76.4 Å². The van der Waals surface area contributed by atoms with Crippen LogP contribution in [0.15, 0.2) is 12.2 Å². The van der Waals surface area contributed by atoms with Crippen LogP contribution >= 0.6 is 0 Å². The number of unbranched alkanes of at least 4 members (excludes halogenated alkanes) is 12. The molecule has 0 saturated carbocycles. The first-order chi connectivity index (χ1) is 10.4. The van der Waals surface area contributed by atoms with Gasteiger partial charge in [0.25, 0.3) is 0 Å². The van der Waals surface area contributed by atoms with Crippen molar-refractivity contribution in [2.45, 2.75) is 96.8 Å². The Kier molecular flexibility index (Phi) is 18.6. The first kappa shape index (κ1) is 20.3. The van der Waals surface area contributed by atoms with Crippen molar-refractivity contribution in [1.82, 2.24) is 0 Å². The largest absolute Gasteiger partial charge is 0.384 e. The molecular formula is C20H36O. The Hall–Kier alpha value is -0.740. The van der Waals surface area contributed by atoms with Crippen molar-refractivity contribution >= 4 is 0 Å². The average molecular weight is 293 g/mol. The Bertz CT molecular complexity index is 269. The van der Waals surface area contributed by atoms with Gasteiger partial charge >= 0.3 is 0 Å². The molecule has 0 aliphatic heterocycles. The summed E-state index contributed by atoms with van der Waals surface area (Å²) in [6.45, 7) is 2.27. The molecule has 0 spiro atoms. The molecule has 0 rings (SSSR count). The van der Waals surface area contributed by atoms with Gasteiger partial charge in [-0.15, -0.1) is 5.92 Å². The number of aliphatic hydroxyl groups is 1. The summed E-state index contributed by atoms with van der Waals surface area (Å²) in [5.41, 5.74) is 0. The van der Waals surface area contributed by atoms with Gasteiger partial charge in [-0.05, 0) is 32.1 Å². The van der Waals surface area contributed by atoms with Gasteiger partial charge in [-0.3, -0.25) is 0 Å². The fraction of sp³-hybridized carbons (Fsp3) is 0.800. The highest BCUT2D eigenvalue weighted by molar-refractivity contribution is 4.98. The zero-order chi connectivity index (χ0) is 15.4. The lowest BCUT2D eigenvalue weighted by Crippen LogP contribution is -1.81. The molecule has 0 radical (unpaired) electrons. The standard InChI is InChI=1S/C20H36O/c1-2-3-4-5-6-7-8-9-10-11-12-13-14-15-16-17-18-19-20-21/h7-8,21H,2-6,9-17,20H2,1H3/b8-7+. The second-order valence-electron chi connectivity index (χ2n) is 5.85. The van der Waals surface area contributed by atoms with Crippen molar-refractivity contribution in [2.75, 3.05) is 6.61 Å². The van der Waals surface area contributed by atoms with E-state index < -0.39 is 0 Å². The normalized spacial score (nSPS) is 10.8. The molecule has 1 heteroatoms. The van der Waals surface area contributed by atoms with E-state index in [0.29, 0.717) is 0 Å². The molecule has 0 aliphatic carbocycles. The van der Waals surface area contributed by atoms with E-state index in [0.717, 1.165) is 6.42 Å². The molecule has 0 aliphatic rings. The van der Waals surface area contributed by atoms with Crippen LogP contribution in [-0.4, -0.2) is 11.7 Å². The second kappa shape index (κ2) is 19.3. The molecule has 21 heavy (non-hydrogen) atoms. The summed E-state index contributed by atoms with van der Waals surface area (Å²) in [7, 11) is 0. The molecule has 0 aromatic rings. The van der Waals surface area contributed by atoms with E-state index in [9.17, 15) is 0 Å². The zero-order valence-corrected chi connectivity index (χ0v) is 14.2. The van der Waals surface area contributed by atoms with Gasteiger partial charge in [-0.25, -0.2) is 0 Å². The summed E-state index contributed by atoms with van der Waals surface area (Å²) in [5.74, 6) is 5.67. The maximum atomic E-state index is 8.51. The summed E-state index contributed by atoms with van der Waals surface area (Å²) in [6.07, 6.45) is 23.0. The number of hydrogen-bond acceptors (Lipinski definition) is 1. The lowest BCUT2D eigenvalue weighted by atomic mass is 10.1. The van der Waals surface area contributed by atoms with E-state index in [4.69, 9.17) is 5.11 Å². The molecule has 122 valence electrons. The zero-order valence-electron chi connectivity index (χ0n) is 14.2. The lowest BCUT2D eigenvalue weighted by molar-refractivity contribution is 0.350. The molecular weight excluding hydrogens is 256 g/mol. The second-order valence-corrected chi connectivity index (χ2v) is 5.85. The Labute approximate surface area is 133 Å². The Balaban J connectivity index is 3.06. The molecule has 0 aromatic carbocycles. The van der Waals surface area contributed by atoms with Gasteiger partial charge < -0.3 is 5.11 Å². The van der Waals surface area contributed by atoms with Crippen LogP contribution in [0.25, 0.3) is 0 Å². The third-order valence-electron chi connectivity index (χ3n) is 3.77. The summed E-state index contributed by atoms with van der Waals surface area (Å²) < 4.78 is 0.